The molecule has 1 aliphatic heterocycles. The summed E-state index contributed by atoms with van der Waals surface area (Å²) in [5.41, 5.74) is 0.546. The van der Waals surface area contributed by atoms with Crippen LogP contribution in [0.15, 0.2) is 18.2 Å². The van der Waals surface area contributed by atoms with E-state index in [2.05, 4.69) is 18.8 Å². The van der Waals surface area contributed by atoms with Crippen LogP contribution in [-0.4, -0.2) is 35.1 Å². The number of hydrogen-bond acceptors (Lipinski definition) is 2. The molecule has 1 aliphatic rings. The molecule has 1 N–H and O–H groups in total. The van der Waals surface area contributed by atoms with E-state index in [1.54, 1.807) is 11.0 Å². The molecular weight excluding hydrogens is 269 g/mol. The van der Waals surface area contributed by atoms with Crippen LogP contribution in [0.5, 0.6) is 0 Å². The van der Waals surface area contributed by atoms with Gasteiger partial charge in [-0.3, -0.25) is 4.79 Å². The Hall–Kier alpha value is -1.86. The number of hydrogen-bond donors (Lipinski definition) is 1. The molecule has 1 heterocycles. The lowest BCUT2D eigenvalue weighted by atomic mass is 9.93. The molecule has 3 nitrogen and oxygen atoms in total. The molecule has 1 amide bonds. The van der Waals surface area contributed by atoms with Crippen molar-refractivity contribution in [3.8, 4) is 11.8 Å². The highest BCUT2D eigenvalue weighted by molar-refractivity contribution is 5.94. The van der Waals surface area contributed by atoms with Crippen molar-refractivity contribution in [3.05, 3.63) is 35.1 Å². The molecule has 0 aliphatic carbocycles. The van der Waals surface area contributed by atoms with Crippen molar-refractivity contribution < 1.29 is 14.3 Å². The van der Waals surface area contributed by atoms with E-state index in [1.165, 1.54) is 12.1 Å². The Bertz CT molecular complexity index is 588. The Morgan fingerprint density at radius 1 is 1.48 bits per heavy atom. The number of carbonyl (C=O) groups is 1. The fourth-order valence-corrected chi connectivity index (χ4v) is 2.77. The molecule has 112 valence electrons. The number of likely N-dealkylation sites (tertiary alicyclic amines) is 1. The molecule has 0 bridgehead atoms. The fourth-order valence-electron chi connectivity index (χ4n) is 2.77. The second-order valence-corrected chi connectivity index (χ2v) is 5.63. The minimum Gasteiger partial charge on any atom is -0.384 e. The minimum atomic E-state index is -0.560. The Morgan fingerprint density at radius 2 is 2.24 bits per heavy atom. The molecule has 2 atom stereocenters. The number of aliphatic hydroxyl groups is 1. The van der Waals surface area contributed by atoms with Gasteiger partial charge in [0.15, 0.2) is 0 Å². The van der Waals surface area contributed by atoms with Crippen molar-refractivity contribution in [2.24, 2.45) is 5.92 Å². The van der Waals surface area contributed by atoms with Crippen molar-refractivity contribution in [1.29, 1.82) is 0 Å². The number of aliphatic hydroxyl groups excluding tert-OH is 1. The van der Waals surface area contributed by atoms with Gasteiger partial charge in [0.2, 0.25) is 0 Å². The first kappa shape index (κ1) is 15.5. The zero-order valence-electron chi connectivity index (χ0n) is 12.4. The van der Waals surface area contributed by atoms with Gasteiger partial charge in [-0.2, -0.15) is 0 Å². The van der Waals surface area contributed by atoms with E-state index < -0.39 is 5.82 Å². The van der Waals surface area contributed by atoms with Crippen molar-refractivity contribution >= 4 is 5.91 Å². The highest BCUT2D eigenvalue weighted by atomic mass is 19.1. The smallest absolute Gasteiger partial charge is 0.257 e. The average molecular weight is 289 g/mol. The van der Waals surface area contributed by atoms with Crippen LogP contribution < -0.4 is 0 Å². The van der Waals surface area contributed by atoms with Gasteiger partial charge in [0.25, 0.3) is 5.91 Å². The Kier molecular flexibility index (Phi) is 4.98. The summed E-state index contributed by atoms with van der Waals surface area (Å²) >= 11 is 0. The van der Waals surface area contributed by atoms with Crippen LogP contribution in [0, 0.1) is 23.6 Å². The maximum atomic E-state index is 14.1. The third kappa shape index (κ3) is 3.62. The first-order chi connectivity index (χ1) is 10.0. The molecule has 1 aromatic carbocycles. The lowest BCUT2D eigenvalue weighted by Gasteiger charge is -2.36. The van der Waals surface area contributed by atoms with E-state index in [0.717, 1.165) is 12.8 Å². The van der Waals surface area contributed by atoms with Crippen LogP contribution in [0.2, 0.25) is 0 Å². The number of nitrogens with zero attached hydrogens (tertiary/aromatic N) is 1. The molecule has 21 heavy (non-hydrogen) atoms. The van der Waals surface area contributed by atoms with E-state index in [0.29, 0.717) is 18.0 Å². The summed E-state index contributed by atoms with van der Waals surface area (Å²) in [5.74, 6) is 4.88. The van der Waals surface area contributed by atoms with E-state index in [4.69, 9.17) is 5.11 Å². The highest BCUT2D eigenvalue weighted by Crippen LogP contribution is 2.24. The first-order valence-electron chi connectivity index (χ1n) is 7.23. The van der Waals surface area contributed by atoms with Crippen LogP contribution in [0.4, 0.5) is 4.39 Å². The summed E-state index contributed by atoms with van der Waals surface area (Å²) in [7, 11) is 0. The second kappa shape index (κ2) is 6.73. The second-order valence-electron chi connectivity index (χ2n) is 5.63. The summed E-state index contributed by atoms with van der Waals surface area (Å²) in [6, 6.07) is 4.46. The van der Waals surface area contributed by atoms with Crippen LogP contribution in [0.3, 0.4) is 0 Å². The van der Waals surface area contributed by atoms with Crippen LogP contribution in [0.25, 0.3) is 0 Å². The molecule has 0 saturated carbocycles. The molecule has 0 radical (unpaired) electrons. The number of rotatable bonds is 1. The lowest BCUT2D eigenvalue weighted by Crippen LogP contribution is -2.44. The molecule has 2 rings (SSSR count). The standard InChI is InChI=1S/C17H20FNO2/c1-12-7-8-19(13(2)10-12)17(21)15-6-5-14(4-3-9-20)11-16(15)18/h5-6,11-13,20H,7-10H2,1-2H3. The van der Waals surface area contributed by atoms with Crippen molar-refractivity contribution in [3.63, 3.8) is 0 Å². The Balaban J connectivity index is 2.19. The van der Waals surface area contributed by atoms with Gasteiger partial charge >= 0.3 is 0 Å². The summed E-state index contributed by atoms with van der Waals surface area (Å²) < 4.78 is 14.1. The number of carbonyl (C=O) groups excluding carboxylic acids is 1. The van der Waals surface area contributed by atoms with E-state index in [1.807, 2.05) is 6.92 Å². The van der Waals surface area contributed by atoms with Gasteiger partial charge in [-0.15, -0.1) is 0 Å². The summed E-state index contributed by atoms with van der Waals surface area (Å²) in [6.45, 7) is 4.58. The topological polar surface area (TPSA) is 40.5 Å². The summed E-state index contributed by atoms with van der Waals surface area (Å²) in [4.78, 5) is 14.2. The van der Waals surface area contributed by atoms with Crippen molar-refractivity contribution in [2.45, 2.75) is 32.7 Å². The number of piperidine rings is 1. The number of benzene rings is 1. The molecule has 1 aromatic rings. The largest absolute Gasteiger partial charge is 0.384 e. The van der Waals surface area contributed by atoms with Gasteiger partial charge in [-0.1, -0.05) is 18.8 Å². The van der Waals surface area contributed by atoms with E-state index >= 15 is 0 Å². The number of amides is 1. The third-order valence-electron chi connectivity index (χ3n) is 3.91. The average Bonchev–Trinajstić information content (AvgIpc) is 2.44. The summed E-state index contributed by atoms with van der Waals surface area (Å²) in [5, 5.41) is 8.63. The normalized spacial score (nSPS) is 21.6. The van der Waals surface area contributed by atoms with E-state index in [9.17, 15) is 9.18 Å². The quantitative estimate of drug-likeness (QED) is 0.807. The maximum Gasteiger partial charge on any atom is 0.257 e. The zero-order valence-corrected chi connectivity index (χ0v) is 12.4. The van der Waals surface area contributed by atoms with Crippen LogP contribution >= 0.6 is 0 Å². The number of halogens is 1. The highest BCUT2D eigenvalue weighted by Gasteiger charge is 2.28. The SMILES string of the molecule is CC1CCN(C(=O)c2ccc(C#CCO)cc2F)C(C)C1. The maximum absolute atomic E-state index is 14.1. The zero-order chi connectivity index (χ0) is 15.4. The molecule has 2 unspecified atom stereocenters. The minimum absolute atomic E-state index is 0.0888. The third-order valence-corrected chi connectivity index (χ3v) is 3.91. The van der Waals surface area contributed by atoms with Crippen LogP contribution in [0.1, 0.15) is 42.6 Å². The molecule has 1 saturated heterocycles. The Labute approximate surface area is 124 Å². The van der Waals surface area contributed by atoms with Gasteiger partial charge in [0.05, 0.1) is 5.56 Å². The first-order valence-corrected chi connectivity index (χ1v) is 7.23. The molecule has 0 spiro atoms. The molecular formula is C17H20FNO2. The van der Waals surface area contributed by atoms with Gasteiger partial charge in [-0.25, -0.2) is 4.39 Å². The fraction of sp³-hybridized carbons (Fsp3) is 0.471. The molecule has 4 heteroatoms. The summed E-state index contributed by atoms with van der Waals surface area (Å²) in [6.07, 6.45) is 1.91. The van der Waals surface area contributed by atoms with Gasteiger partial charge in [-0.05, 0) is 43.9 Å². The molecule has 0 aromatic heterocycles. The predicted molar refractivity (Wildman–Crippen MR) is 79.3 cm³/mol. The van der Waals surface area contributed by atoms with Gasteiger partial charge in [0, 0.05) is 18.2 Å². The van der Waals surface area contributed by atoms with Crippen molar-refractivity contribution in [1.82, 2.24) is 4.90 Å². The monoisotopic (exact) mass is 289 g/mol. The van der Waals surface area contributed by atoms with E-state index in [-0.39, 0.29) is 24.1 Å². The molecule has 1 fully saturated rings. The van der Waals surface area contributed by atoms with Gasteiger partial charge < -0.3 is 10.0 Å². The van der Waals surface area contributed by atoms with Crippen molar-refractivity contribution in [2.75, 3.05) is 13.2 Å². The lowest BCUT2D eigenvalue weighted by molar-refractivity contribution is 0.0584. The predicted octanol–water partition coefficient (Wildman–Crippen LogP) is 2.43. The van der Waals surface area contributed by atoms with Crippen LogP contribution in [-0.2, 0) is 0 Å². The van der Waals surface area contributed by atoms with Gasteiger partial charge in [0.1, 0.15) is 12.4 Å². The Morgan fingerprint density at radius 3 is 2.86 bits per heavy atom.